The lowest BCUT2D eigenvalue weighted by atomic mass is 9.72. The molecule has 0 aromatic heterocycles. The van der Waals surface area contributed by atoms with E-state index in [0.717, 1.165) is 38.5 Å². The van der Waals surface area contributed by atoms with Gasteiger partial charge in [0.2, 0.25) is 0 Å². The maximum absolute atomic E-state index is 12.7. The third-order valence-electron chi connectivity index (χ3n) is 4.07. The Morgan fingerprint density at radius 1 is 1.10 bits per heavy atom. The predicted molar refractivity (Wildman–Crippen MR) is 86.7 cm³/mol. The molecule has 2 heteroatoms. The molecule has 0 fully saturated rings. The molecule has 0 aromatic carbocycles. The summed E-state index contributed by atoms with van der Waals surface area (Å²) in [5.74, 6) is 1.65. The van der Waals surface area contributed by atoms with E-state index in [9.17, 15) is 4.79 Å². The van der Waals surface area contributed by atoms with Crippen LogP contribution in [0, 0.1) is 24.2 Å². The van der Waals surface area contributed by atoms with Gasteiger partial charge in [0.15, 0.2) is 0 Å². The molecule has 0 spiro atoms. The SMILES string of the molecule is [CH2]CCCC(=O)C(CCC(C)C)(CCC(C)C)COC. The van der Waals surface area contributed by atoms with Gasteiger partial charge in [0.05, 0.1) is 12.0 Å². The molecular weight excluding hydrogens is 248 g/mol. The zero-order chi connectivity index (χ0) is 15.6. The van der Waals surface area contributed by atoms with Crippen LogP contribution in [0.5, 0.6) is 0 Å². The second kappa shape index (κ2) is 10.4. The minimum absolute atomic E-state index is 0.265. The second-order valence-corrected chi connectivity index (χ2v) is 6.96. The van der Waals surface area contributed by atoms with Gasteiger partial charge in [-0.1, -0.05) is 41.0 Å². The lowest BCUT2D eigenvalue weighted by Crippen LogP contribution is -2.36. The summed E-state index contributed by atoms with van der Waals surface area (Å²) in [4.78, 5) is 12.7. The fourth-order valence-corrected chi connectivity index (χ4v) is 2.59. The number of rotatable bonds is 12. The quantitative estimate of drug-likeness (QED) is 0.500. The van der Waals surface area contributed by atoms with Crippen LogP contribution in [-0.4, -0.2) is 19.5 Å². The van der Waals surface area contributed by atoms with Crippen molar-refractivity contribution in [3.63, 3.8) is 0 Å². The first-order chi connectivity index (χ1) is 9.38. The van der Waals surface area contributed by atoms with Crippen molar-refractivity contribution >= 4 is 5.78 Å². The van der Waals surface area contributed by atoms with Gasteiger partial charge in [-0.2, -0.15) is 0 Å². The summed E-state index contributed by atoms with van der Waals surface area (Å²) in [5, 5.41) is 0. The molecule has 0 aliphatic rings. The number of Topliss-reactive ketones (excluding diaryl/α,β-unsaturated/α-hetero) is 1. The highest BCUT2D eigenvalue weighted by Crippen LogP contribution is 2.36. The van der Waals surface area contributed by atoms with Gasteiger partial charge in [0.1, 0.15) is 5.78 Å². The molecule has 0 saturated heterocycles. The van der Waals surface area contributed by atoms with E-state index >= 15 is 0 Å². The fourth-order valence-electron chi connectivity index (χ4n) is 2.59. The summed E-state index contributed by atoms with van der Waals surface area (Å²) in [5.41, 5.74) is -0.265. The van der Waals surface area contributed by atoms with Crippen molar-refractivity contribution < 1.29 is 9.53 Å². The van der Waals surface area contributed by atoms with Gasteiger partial charge >= 0.3 is 0 Å². The summed E-state index contributed by atoms with van der Waals surface area (Å²) >= 11 is 0. The van der Waals surface area contributed by atoms with Gasteiger partial charge in [-0.15, -0.1) is 0 Å². The molecule has 0 rings (SSSR count). The molecule has 0 heterocycles. The van der Waals surface area contributed by atoms with E-state index in [-0.39, 0.29) is 5.41 Å². The number of methoxy groups -OCH3 is 1. The normalized spacial score (nSPS) is 12.4. The highest BCUT2D eigenvalue weighted by atomic mass is 16.5. The lowest BCUT2D eigenvalue weighted by molar-refractivity contribution is -0.133. The summed E-state index contributed by atoms with van der Waals surface area (Å²) in [6.07, 6.45) is 6.50. The zero-order valence-electron chi connectivity index (χ0n) is 14.3. The largest absolute Gasteiger partial charge is 0.384 e. The molecule has 0 bridgehead atoms. The number of carbonyl (C=O) groups is 1. The first-order valence-corrected chi connectivity index (χ1v) is 8.19. The van der Waals surface area contributed by atoms with Gasteiger partial charge in [0, 0.05) is 13.5 Å². The van der Waals surface area contributed by atoms with E-state index in [2.05, 4.69) is 34.6 Å². The van der Waals surface area contributed by atoms with Crippen LogP contribution < -0.4 is 0 Å². The van der Waals surface area contributed by atoms with Crippen molar-refractivity contribution in [2.75, 3.05) is 13.7 Å². The minimum atomic E-state index is -0.265. The molecule has 0 aromatic rings. The summed E-state index contributed by atoms with van der Waals surface area (Å²) in [7, 11) is 1.72. The van der Waals surface area contributed by atoms with E-state index in [4.69, 9.17) is 4.74 Å². The number of hydrogen-bond acceptors (Lipinski definition) is 2. The number of unbranched alkanes of at least 4 members (excludes halogenated alkanes) is 1. The molecule has 0 unspecified atom stereocenters. The number of hydrogen-bond donors (Lipinski definition) is 0. The summed E-state index contributed by atoms with van der Waals surface area (Å²) < 4.78 is 5.44. The lowest BCUT2D eigenvalue weighted by Gasteiger charge is -2.33. The highest BCUT2D eigenvalue weighted by Gasteiger charge is 2.37. The predicted octanol–water partition coefficient (Wildman–Crippen LogP) is 5.07. The molecule has 0 amide bonds. The Morgan fingerprint density at radius 2 is 1.60 bits per heavy atom. The average molecular weight is 283 g/mol. The van der Waals surface area contributed by atoms with Crippen molar-refractivity contribution in [1.82, 2.24) is 0 Å². The van der Waals surface area contributed by atoms with Gasteiger partial charge < -0.3 is 4.74 Å². The van der Waals surface area contributed by atoms with Gasteiger partial charge in [0.25, 0.3) is 0 Å². The number of carbonyl (C=O) groups excluding carboxylic acids is 1. The summed E-state index contributed by atoms with van der Waals surface area (Å²) in [6, 6.07) is 0. The fraction of sp³-hybridized carbons (Fsp3) is 0.889. The van der Waals surface area contributed by atoms with Crippen molar-refractivity contribution in [1.29, 1.82) is 0 Å². The van der Waals surface area contributed by atoms with Crippen LogP contribution in [-0.2, 0) is 9.53 Å². The first-order valence-electron chi connectivity index (χ1n) is 8.19. The standard InChI is InChI=1S/C18H35O2/c1-7-8-9-17(19)18(14-20-6,12-10-15(2)3)13-11-16(4)5/h15-16H,1,7-14H2,2-6H3. The maximum atomic E-state index is 12.7. The van der Waals surface area contributed by atoms with Crippen molar-refractivity contribution in [2.24, 2.45) is 17.3 Å². The molecule has 0 saturated carbocycles. The van der Waals surface area contributed by atoms with Crippen LogP contribution in [0.15, 0.2) is 0 Å². The average Bonchev–Trinajstić information content (AvgIpc) is 2.39. The smallest absolute Gasteiger partial charge is 0.141 e. The van der Waals surface area contributed by atoms with Gasteiger partial charge in [-0.3, -0.25) is 4.79 Å². The van der Waals surface area contributed by atoms with Crippen LogP contribution in [0.25, 0.3) is 0 Å². The van der Waals surface area contributed by atoms with Crippen molar-refractivity contribution in [2.45, 2.75) is 72.6 Å². The van der Waals surface area contributed by atoms with Crippen LogP contribution >= 0.6 is 0 Å². The Hall–Kier alpha value is -0.370. The Balaban J connectivity index is 4.92. The first kappa shape index (κ1) is 19.6. The van der Waals surface area contributed by atoms with Crippen molar-refractivity contribution in [3.8, 4) is 0 Å². The molecular formula is C18H35O2. The molecule has 2 nitrogen and oxygen atoms in total. The van der Waals surface area contributed by atoms with Crippen LogP contribution in [0.3, 0.4) is 0 Å². The highest BCUT2D eigenvalue weighted by molar-refractivity contribution is 5.85. The molecule has 20 heavy (non-hydrogen) atoms. The topological polar surface area (TPSA) is 26.3 Å². The van der Waals surface area contributed by atoms with Crippen molar-refractivity contribution in [3.05, 3.63) is 6.92 Å². The Labute approximate surface area is 126 Å². The van der Waals surface area contributed by atoms with Gasteiger partial charge in [-0.05, 0) is 43.9 Å². The molecule has 0 aliphatic carbocycles. The monoisotopic (exact) mass is 283 g/mol. The van der Waals surface area contributed by atoms with Crippen LogP contribution in [0.4, 0.5) is 0 Å². The maximum Gasteiger partial charge on any atom is 0.141 e. The van der Waals surface area contributed by atoms with Crippen LogP contribution in [0.2, 0.25) is 0 Å². The molecule has 0 atom stereocenters. The molecule has 1 radical (unpaired) electrons. The molecule has 0 N–H and O–H groups in total. The van der Waals surface area contributed by atoms with E-state index < -0.39 is 0 Å². The Kier molecular flexibility index (Phi) is 10.2. The Bertz CT molecular complexity index is 244. The number of ketones is 1. The van der Waals surface area contributed by atoms with E-state index in [0.29, 0.717) is 30.6 Å². The second-order valence-electron chi connectivity index (χ2n) is 6.96. The number of ether oxygens (including phenoxy) is 1. The molecule has 0 aliphatic heterocycles. The molecule has 119 valence electrons. The van der Waals surface area contributed by atoms with E-state index in [1.54, 1.807) is 7.11 Å². The van der Waals surface area contributed by atoms with Gasteiger partial charge in [-0.25, -0.2) is 0 Å². The van der Waals surface area contributed by atoms with E-state index in [1.165, 1.54) is 0 Å². The third kappa shape index (κ3) is 7.42. The summed E-state index contributed by atoms with van der Waals surface area (Å²) in [6.45, 7) is 13.3. The zero-order valence-corrected chi connectivity index (χ0v) is 14.3. The van der Waals surface area contributed by atoms with Crippen LogP contribution in [0.1, 0.15) is 72.6 Å². The van der Waals surface area contributed by atoms with E-state index in [1.807, 2.05) is 0 Å². The minimum Gasteiger partial charge on any atom is -0.384 e. The Morgan fingerprint density at radius 3 is 1.95 bits per heavy atom. The third-order valence-corrected chi connectivity index (χ3v) is 4.07.